The Morgan fingerprint density at radius 3 is 2.80 bits per heavy atom. The molecule has 0 aliphatic heterocycles. The van der Waals surface area contributed by atoms with Crippen molar-refractivity contribution in [2.45, 2.75) is 31.7 Å². The number of nitrogens with one attached hydrogen (secondary N) is 1. The Morgan fingerprint density at radius 1 is 1.44 bits per heavy atom. The molecule has 1 atom stereocenters. The number of thioether (sulfide) groups is 1. The number of rotatable bonds is 6. The van der Waals surface area contributed by atoms with Gasteiger partial charge in [0.25, 0.3) is 0 Å². The monoisotopic (exact) mass is 414 g/mol. The van der Waals surface area contributed by atoms with Crippen LogP contribution in [0.15, 0.2) is 41.1 Å². The van der Waals surface area contributed by atoms with Gasteiger partial charge in [-0.3, -0.25) is 4.98 Å². The van der Waals surface area contributed by atoms with Gasteiger partial charge in [-0.2, -0.15) is 0 Å². The van der Waals surface area contributed by atoms with Crippen molar-refractivity contribution in [2.24, 2.45) is 0 Å². The summed E-state index contributed by atoms with van der Waals surface area (Å²) in [6, 6.07) is 5.71. The number of hydrogen-bond donors (Lipinski definition) is 1. The van der Waals surface area contributed by atoms with Crippen LogP contribution in [-0.2, 0) is 0 Å². The summed E-state index contributed by atoms with van der Waals surface area (Å²) < 4.78 is 6.99. The van der Waals surface area contributed by atoms with Crippen molar-refractivity contribution in [2.75, 3.05) is 6.26 Å². The van der Waals surface area contributed by atoms with Crippen molar-refractivity contribution in [3.8, 4) is 17.6 Å². The zero-order valence-electron chi connectivity index (χ0n) is 14.8. The van der Waals surface area contributed by atoms with Gasteiger partial charge in [0.2, 0.25) is 0 Å². The second kappa shape index (κ2) is 8.20. The minimum Gasteiger partial charge on any atom is -0.473 e. The molecular weight excluding hydrogens is 395 g/mol. The van der Waals surface area contributed by atoms with Gasteiger partial charge in [0.1, 0.15) is 13.6 Å². The molecule has 0 aliphatic carbocycles. The molecule has 0 saturated carbocycles. The fourth-order valence-corrected chi connectivity index (χ4v) is 3.56. The Labute approximate surface area is 163 Å². The van der Waals surface area contributed by atoms with Gasteiger partial charge >= 0.3 is 0 Å². The van der Waals surface area contributed by atoms with Crippen molar-refractivity contribution in [1.82, 2.24) is 10.3 Å². The van der Waals surface area contributed by atoms with E-state index in [1.54, 1.807) is 18.0 Å². The molecule has 0 bridgehead atoms. The maximum Gasteiger partial charge on any atom is 0.183 e. The lowest BCUT2D eigenvalue weighted by atomic mass is 9.97. The van der Waals surface area contributed by atoms with Gasteiger partial charge in [-0.1, -0.05) is 24.0 Å². The van der Waals surface area contributed by atoms with Crippen LogP contribution in [-0.4, -0.2) is 30.1 Å². The molecular formula is C19H20BBrN2OS. The predicted molar refractivity (Wildman–Crippen MR) is 113 cm³/mol. The summed E-state index contributed by atoms with van der Waals surface area (Å²) in [5.41, 5.74) is 1.60. The minimum absolute atomic E-state index is 0.253. The fourth-order valence-electron chi connectivity index (χ4n) is 2.45. The zero-order chi connectivity index (χ0) is 18.6. The van der Waals surface area contributed by atoms with Gasteiger partial charge < -0.3 is 10.1 Å². The molecule has 1 aromatic carbocycles. The van der Waals surface area contributed by atoms with Crippen molar-refractivity contribution < 1.29 is 4.74 Å². The highest BCUT2D eigenvalue weighted by Gasteiger charge is 2.21. The molecule has 1 N–H and O–H groups in total. The van der Waals surface area contributed by atoms with E-state index < -0.39 is 0 Å². The smallest absolute Gasteiger partial charge is 0.183 e. The van der Waals surface area contributed by atoms with Crippen LogP contribution in [0.5, 0.6) is 5.75 Å². The van der Waals surface area contributed by atoms with Crippen LogP contribution in [0.25, 0.3) is 10.9 Å². The van der Waals surface area contributed by atoms with E-state index >= 15 is 0 Å². The molecule has 2 aromatic rings. The summed E-state index contributed by atoms with van der Waals surface area (Å²) in [5, 5.41) is 4.25. The Morgan fingerprint density at radius 2 is 2.16 bits per heavy atom. The van der Waals surface area contributed by atoms with E-state index in [4.69, 9.17) is 12.6 Å². The third-order valence-corrected chi connectivity index (χ3v) is 4.80. The average molecular weight is 415 g/mol. The summed E-state index contributed by atoms with van der Waals surface area (Å²) >= 11 is 5.10. The van der Waals surface area contributed by atoms with Crippen molar-refractivity contribution >= 4 is 51.9 Å². The number of aromatic nitrogens is 1. The summed E-state index contributed by atoms with van der Waals surface area (Å²) in [5.74, 6) is 6.76. The SMILES string of the molecule is [B]c1cnc2c(Br)cc(OC(SC)C(=C)NC(C)(C)C#CC)cc2c1. The molecule has 0 amide bonds. The second-order valence-corrected chi connectivity index (χ2v) is 7.84. The first-order chi connectivity index (χ1) is 11.8. The average Bonchev–Trinajstić information content (AvgIpc) is 2.51. The maximum atomic E-state index is 6.13. The van der Waals surface area contributed by atoms with Gasteiger partial charge in [0, 0.05) is 16.1 Å². The zero-order valence-corrected chi connectivity index (χ0v) is 17.2. The molecule has 0 fully saturated rings. The standard InChI is InChI=1S/C19H20BBrN2OS/c1-6-7-19(3,4)23-12(2)18(25-5)24-15-9-13-8-14(20)11-22-17(13)16(21)10-15/h8-11,18,23H,2H2,1,3-5H3. The Hall–Kier alpha value is -1.58. The number of benzene rings is 1. The van der Waals surface area contributed by atoms with Gasteiger partial charge in [0.05, 0.1) is 16.8 Å². The molecule has 0 spiro atoms. The largest absolute Gasteiger partial charge is 0.473 e. The van der Waals surface area contributed by atoms with E-state index in [1.807, 2.05) is 45.2 Å². The Kier molecular flexibility index (Phi) is 6.48. The lowest BCUT2D eigenvalue weighted by molar-refractivity contribution is 0.304. The molecule has 3 nitrogen and oxygen atoms in total. The first-order valence-corrected chi connectivity index (χ1v) is 9.79. The van der Waals surface area contributed by atoms with Crippen molar-refractivity contribution in [1.29, 1.82) is 0 Å². The van der Waals surface area contributed by atoms with Crippen LogP contribution in [0, 0.1) is 11.8 Å². The number of hydrogen-bond acceptors (Lipinski definition) is 4. The fraction of sp³-hybridized carbons (Fsp3) is 0.316. The van der Waals surface area contributed by atoms with Crippen LogP contribution in [0.3, 0.4) is 0 Å². The van der Waals surface area contributed by atoms with Gasteiger partial charge in [-0.25, -0.2) is 0 Å². The molecule has 1 heterocycles. The van der Waals surface area contributed by atoms with Gasteiger partial charge in [-0.05, 0) is 55.1 Å². The lowest BCUT2D eigenvalue weighted by Crippen LogP contribution is -2.40. The third-order valence-electron chi connectivity index (χ3n) is 3.38. The molecule has 25 heavy (non-hydrogen) atoms. The molecule has 128 valence electrons. The number of pyridine rings is 1. The quantitative estimate of drug-likeness (QED) is 0.443. The number of halogens is 1. The van der Waals surface area contributed by atoms with Crippen molar-refractivity contribution in [3.63, 3.8) is 0 Å². The maximum absolute atomic E-state index is 6.13. The van der Waals surface area contributed by atoms with Gasteiger partial charge in [-0.15, -0.1) is 17.7 Å². The van der Waals surface area contributed by atoms with E-state index in [9.17, 15) is 0 Å². The molecule has 2 radical (unpaired) electrons. The van der Waals surface area contributed by atoms with E-state index in [0.717, 1.165) is 21.1 Å². The topological polar surface area (TPSA) is 34.1 Å². The molecule has 0 aliphatic rings. The number of nitrogens with zero attached hydrogens (tertiary/aromatic N) is 1. The minimum atomic E-state index is -0.370. The molecule has 6 heteroatoms. The summed E-state index contributed by atoms with van der Waals surface area (Å²) in [6.45, 7) is 9.95. The summed E-state index contributed by atoms with van der Waals surface area (Å²) in [4.78, 5) is 4.35. The number of ether oxygens (including phenoxy) is 1. The predicted octanol–water partition coefficient (Wildman–Crippen LogP) is 3.76. The van der Waals surface area contributed by atoms with E-state index in [1.165, 1.54) is 0 Å². The molecule has 1 unspecified atom stereocenters. The Balaban J connectivity index is 2.24. The van der Waals surface area contributed by atoms with E-state index in [2.05, 4.69) is 44.7 Å². The Bertz CT molecular complexity index is 858. The lowest BCUT2D eigenvalue weighted by Gasteiger charge is -2.27. The normalized spacial score (nSPS) is 12.2. The third kappa shape index (κ3) is 5.20. The highest BCUT2D eigenvalue weighted by Crippen LogP contribution is 2.30. The van der Waals surface area contributed by atoms with Crippen molar-refractivity contribution in [3.05, 3.63) is 41.1 Å². The van der Waals surface area contributed by atoms with E-state index in [0.29, 0.717) is 11.2 Å². The van der Waals surface area contributed by atoms with Crippen LogP contribution in [0.1, 0.15) is 20.8 Å². The first-order valence-electron chi connectivity index (χ1n) is 7.71. The highest BCUT2D eigenvalue weighted by molar-refractivity contribution is 9.10. The first kappa shape index (κ1) is 19.7. The summed E-state index contributed by atoms with van der Waals surface area (Å²) in [6.07, 6.45) is 3.62. The van der Waals surface area contributed by atoms with Gasteiger partial charge in [0.15, 0.2) is 5.44 Å². The van der Waals surface area contributed by atoms with Crippen LogP contribution >= 0.6 is 27.7 Å². The van der Waals surface area contributed by atoms with E-state index in [-0.39, 0.29) is 11.0 Å². The molecule has 1 aromatic heterocycles. The molecule has 0 saturated heterocycles. The second-order valence-electron chi connectivity index (χ2n) is 6.08. The summed E-state index contributed by atoms with van der Waals surface area (Å²) in [7, 11) is 5.84. The van der Waals surface area contributed by atoms with Crippen LogP contribution < -0.4 is 15.5 Å². The number of fused-ring (bicyclic) bond motifs is 1. The van der Waals surface area contributed by atoms with Crippen LogP contribution in [0.4, 0.5) is 0 Å². The van der Waals surface area contributed by atoms with Crippen LogP contribution in [0.2, 0.25) is 0 Å². The highest BCUT2D eigenvalue weighted by atomic mass is 79.9. The molecule has 2 rings (SSSR count).